The summed E-state index contributed by atoms with van der Waals surface area (Å²) in [4.78, 5) is 19.6. The molecule has 2 atom stereocenters. The summed E-state index contributed by atoms with van der Waals surface area (Å²) in [6.45, 7) is 2.62. The van der Waals surface area contributed by atoms with Gasteiger partial charge in [-0.15, -0.1) is 0 Å². The predicted molar refractivity (Wildman–Crippen MR) is 107 cm³/mol. The van der Waals surface area contributed by atoms with Crippen molar-refractivity contribution in [3.63, 3.8) is 0 Å². The molecule has 1 fully saturated rings. The van der Waals surface area contributed by atoms with Crippen molar-refractivity contribution in [1.82, 2.24) is 10.9 Å². The van der Waals surface area contributed by atoms with E-state index >= 15 is 0 Å². The van der Waals surface area contributed by atoms with Crippen LogP contribution in [0.3, 0.4) is 0 Å². The molecule has 2 heterocycles. The van der Waals surface area contributed by atoms with E-state index in [1.165, 1.54) is 0 Å². The van der Waals surface area contributed by atoms with Gasteiger partial charge in [0.05, 0.1) is 11.6 Å². The van der Waals surface area contributed by atoms with Gasteiger partial charge in [0.2, 0.25) is 5.91 Å². The van der Waals surface area contributed by atoms with E-state index < -0.39 is 0 Å². The maximum absolute atomic E-state index is 13.1. The largest absolute Gasteiger partial charge is 0.274 e. The molecule has 7 heteroatoms. The van der Waals surface area contributed by atoms with Crippen LogP contribution in [0.15, 0.2) is 53.5 Å². The van der Waals surface area contributed by atoms with Crippen LogP contribution in [0.1, 0.15) is 11.1 Å². The fraction of sp³-hybridized carbons (Fsp3) is 0.263. The zero-order valence-corrected chi connectivity index (χ0v) is 15.8. The smallest absolute Gasteiger partial charge is 0.241 e. The summed E-state index contributed by atoms with van der Waals surface area (Å²) < 4.78 is 0. The van der Waals surface area contributed by atoms with Gasteiger partial charge in [0.1, 0.15) is 6.17 Å². The highest BCUT2D eigenvalue weighted by Crippen LogP contribution is 2.31. The van der Waals surface area contributed by atoms with E-state index in [0.29, 0.717) is 22.5 Å². The first kappa shape index (κ1) is 17.5. The van der Waals surface area contributed by atoms with E-state index in [1.54, 1.807) is 16.7 Å². The number of aryl methyl sites for hydroxylation is 1. The second-order valence-electron chi connectivity index (χ2n) is 6.42. The van der Waals surface area contributed by atoms with Crippen molar-refractivity contribution in [3.05, 3.63) is 64.7 Å². The molecule has 26 heavy (non-hydrogen) atoms. The van der Waals surface area contributed by atoms with Gasteiger partial charge in [-0.2, -0.15) is 0 Å². The van der Waals surface area contributed by atoms with Gasteiger partial charge in [-0.1, -0.05) is 53.2 Å². The maximum atomic E-state index is 13.1. The van der Waals surface area contributed by atoms with Crippen molar-refractivity contribution in [1.29, 1.82) is 0 Å². The average Bonchev–Trinajstić information content (AvgIpc) is 3.10. The van der Waals surface area contributed by atoms with Crippen molar-refractivity contribution in [3.8, 4) is 0 Å². The molecular weight excluding hydrogens is 368 g/mol. The minimum Gasteiger partial charge on any atom is -0.274 e. The highest BCUT2D eigenvalue weighted by Gasteiger charge is 2.42. The molecule has 1 saturated heterocycles. The standard InChI is InChI=1S/C19H19ClN4OS/c1-12-5-7-15(8-6-12)24-18(25)16-10-21-23-17(16)22-19(24)26-11-13-3-2-4-14(20)9-13/h2-9,16-17,21,23H,10-11H2,1H3. The number of amides is 1. The molecular formula is C19H19ClN4OS. The van der Waals surface area contributed by atoms with Crippen LogP contribution >= 0.6 is 23.4 Å². The molecule has 2 aliphatic heterocycles. The summed E-state index contributed by atoms with van der Waals surface area (Å²) in [6, 6.07) is 15.7. The molecule has 2 N–H and O–H groups in total. The Morgan fingerprint density at radius 1 is 1.27 bits per heavy atom. The van der Waals surface area contributed by atoms with Gasteiger partial charge in [0, 0.05) is 17.3 Å². The minimum absolute atomic E-state index is 0.0694. The Hall–Kier alpha value is -1.86. The summed E-state index contributed by atoms with van der Waals surface area (Å²) in [5.41, 5.74) is 9.24. The lowest BCUT2D eigenvalue weighted by atomic mass is 10.0. The molecule has 2 aromatic carbocycles. The lowest BCUT2D eigenvalue weighted by Crippen LogP contribution is -2.49. The number of benzene rings is 2. The van der Waals surface area contributed by atoms with Crippen LogP contribution < -0.4 is 15.8 Å². The first-order valence-corrected chi connectivity index (χ1v) is 9.82. The Morgan fingerprint density at radius 3 is 2.85 bits per heavy atom. The van der Waals surface area contributed by atoms with E-state index in [-0.39, 0.29) is 18.0 Å². The Kier molecular flexibility index (Phi) is 5.00. The number of carbonyl (C=O) groups excluding carboxylic acids is 1. The number of aliphatic imine (C=N–C) groups is 1. The SMILES string of the molecule is Cc1ccc(N2C(=O)C3CNNC3N=C2SCc2cccc(Cl)c2)cc1. The molecule has 0 spiro atoms. The zero-order chi connectivity index (χ0) is 18.1. The number of hydrazine groups is 1. The van der Waals surface area contributed by atoms with E-state index in [9.17, 15) is 4.79 Å². The third kappa shape index (κ3) is 3.50. The number of amidine groups is 1. The summed E-state index contributed by atoms with van der Waals surface area (Å²) in [5, 5.41) is 1.41. The highest BCUT2D eigenvalue weighted by molar-refractivity contribution is 8.13. The molecule has 1 amide bonds. The van der Waals surface area contributed by atoms with Crippen molar-refractivity contribution in [2.75, 3.05) is 11.4 Å². The van der Waals surface area contributed by atoms with Crippen LogP contribution in [0.5, 0.6) is 0 Å². The molecule has 2 aliphatic rings. The number of fused-ring (bicyclic) bond motifs is 1. The topological polar surface area (TPSA) is 56.7 Å². The number of anilines is 1. The molecule has 0 bridgehead atoms. The van der Waals surface area contributed by atoms with E-state index in [0.717, 1.165) is 16.8 Å². The van der Waals surface area contributed by atoms with Gasteiger partial charge >= 0.3 is 0 Å². The number of rotatable bonds is 3. The second-order valence-corrected chi connectivity index (χ2v) is 7.79. The number of halogens is 1. The van der Waals surface area contributed by atoms with Crippen LogP contribution in [0.2, 0.25) is 5.02 Å². The van der Waals surface area contributed by atoms with Crippen molar-refractivity contribution >= 4 is 40.1 Å². The van der Waals surface area contributed by atoms with Crippen LogP contribution in [0, 0.1) is 12.8 Å². The van der Waals surface area contributed by atoms with Crippen LogP contribution in [-0.2, 0) is 10.5 Å². The van der Waals surface area contributed by atoms with Gasteiger partial charge in [-0.05, 0) is 36.8 Å². The fourth-order valence-corrected chi connectivity index (χ4v) is 4.28. The Labute approximate surface area is 161 Å². The van der Waals surface area contributed by atoms with Crippen LogP contribution in [-0.4, -0.2) is 23.8 Å². The van der Waals surface area contributed by atoms with E-state index in [2.05, 4.69) is 10.9 Å². The molecule has 2 aromatic rings. The van der Waals surface area contributed by atoms with Crippen molar-refractivity contribution < 1.29 is 4.79 Å². The Bertz CT molecular complexity index is 855. The fourth-order valence-electron chi connectivity index (χ4n) is 3.08. The van der Waals surface area contributed by atoms with E-state index in [4.69, 9.17) is 16.6 Å². The number of hydrogen-bond donors (Lipinski definition) is 2. The van der Waals surface area contributed by atoms with Crippen molar-refractivity contribution in [2.45, 2.75) is 18.8 Å². The first-order valence-electron chi connectivity index (χ1n) is 8.46. The molecule has 0 aromatic heterocycles. The number of nitrogens with zero attached hydrogens (tertiary/aromatic N) is 2. The summed E-state index contributed by atoms with van der Waals surface area (Å²) in [5.74, 6) is 0.576. The van der Waals surface area contributed by atoms with Crippen LogP contribution in [0.25, 0.3) is 0 Å². The minimum atomic E-state index is -0.217. The van der Waals surface area contributed by atoms with Gasteiger partial charge in [-0.3, -0.25) is 15.1 Å². The Balaban J connectivity index is 1.63. The molecule has 0 saturated carbocycles. The van der Waals surface area contributed by atoms with Gasteiger partial charge in [0.15, 0.2) is 5.17 Å². The third-order valence-corrected chi connectivity index (χ3v) is 5.74. The second kappa shape index (κ2) is 7.40. The number of thioether (sulfide) groups is 1. The van der Waals surface area contributed by atoms with Crippen LogP contribution in [0.4, 0.5) is 5.69 Å². The zero-order valence-electron chi connectivity index (χ0n) is 14.3. The predicted octanol–water partition coefficient (Wildman–Crippen LogP) is 3.33. The van der Waals surface area contributed by atoms with Gasteiger partial charge < -0.3 is 0 Å². The lowest BCUT2D eigenvalue weighted by Gasteiger charge is -2.32. The highest BCUT2D eigenvalue weighted by atomic mass is 35.5. The number of carbonyl (C=O) groups is 1. The van der Waals surface area contributed by atoms with Crippen molar-refractivity contribution in [2.24, 2.45) is 10.9 Å². The molecule has 4 rings (SSSR count). The summed E-state index contributed by atoms with van der Waals surface area (Å²) >= 11 is 7.63. The monoisotopic (exact) mass is 386 g/mol. The quantitative estimate of drug-likeness (QED) is 0.849. The molecule has 134 valence electrons. The van der Waals surface area contributed by atoms with Gasteiger partial charge in [-0.25, -0.2) is 10.4 Å². The number of nitrogens with one attached hydrogen (secondary N) is 2. The summed E-state index contributed by atoms with van der Waals surface area (Å²) in [6.07, 6.45) is -0.217. The average molecular weight is 387 g/mol. The Morgan fingerprint density at radius 2 is 2.08 bits per heavy atom. The summed E-state index contributed by atoms with van der Waals surface area (Å²) in [7, 11) is 0. The molecule has 5 nitrogen and oxygen atoms in total. The van der Waals surface area contributed by atoms with Gasteiger partial charge in [0.25, 0.3) is 0 Å². The molecule has 2 unspecified atom stereocenters. The molecule has 0 radical (unpaired) electrons. The normalized spacial score (nSPS) is 22.3. The third-order valence-electron chi connectivity index (χ3n) is 4.48. The van der Waals surface area contributed by atoms with E-state index in [1.807, 2.05) is 55.5 Å². The molecule has 0 aliphatic carbocycles. The number of hydrogen-bond acceptors (Lipinski definition) is 5. The maximum Gasteiger partial charge on any atom is 0.241 e. The lowest BCUT2D eigenvalue weighted by molar-refractivity contribution is -0.121. The first-order chi connectivity index (χ1) is 12.6.